The van der Waals surface area contributed by atoms with Crippen molar-refractivity contribution in [3.05, 3.63) is 66.2 Å². The Morgan fingerprint density at radius 1 is 1.10 bits per heavy atom. The first kappa shape index (κ1) is 26.0. The van der Waals surface area contributed by atoms with Crippen LogP contribution < -0.4 is 4.90 Å². The van der Waals surface area contributed by atoms with Crippen LogP contribution >= 0.6 is 0 Å². The summed E-state index contributed by atoms with van der Waals surface area (Å²) in [5.74, 6) is -1.21. The van der Waals surface area contributed by atoms with E-state index in [2.05, 4.69) is 20.1 Å². The summed E-state index contributed by atoms with van der Waals surface area (Å²) < 4.78 is 46.8. The maximum Gasteiger partial charge on any atom is 0.324 e. The number of anilines is 1. The number of amides is 2. The predicted octanol–water partition coefficient (Wildman–Crippen LogP) is 5.54. The highest BCUT2D eigenvalue weighted by Crippen LogP contribution is 2.57. The van der Waals surface area contributed by atoms with Crippen LogP contribution in [0.5, 0.6) is 0 Å². The minimum atomic E-state index is -2.86. The molecule has 0 atom stereocenters. The van der Waals surface area contributed by atoms with Gasteiger partial charge in [-0.25, -0.2) is 14.2 Å². The Bertz CT molecular complexity index is 1570. The summed E-state index contributed by atoms with van der Waals surface area (Å²) in [5, 5.41) is 7.08. The molecule has 9 nitrogen and oxygen atoms in total. The Kier molecular flexibility index (Phi) is 6.44. The summed E-state index contributed by atoms with van der Waals surface area (Å²) in [5.41, 5.74) is 2.60. The average Bonchev–Trinajstić information content (AvgIpc) is 3.57. The van der Waals surface area contributed by atoms with Crippen LogP contribution in [0.2, 0.25) is 0 Å². The number of nitrogens with zero attached hydrogens (tertiary/aromatic N) is 7. The van der Waals surface area contributed by atoms with Gasteiger partial charge in [-0.15, -0.1) is 10.2 Å². The number of aromatic nitrogens is 4. The summed E-state index contributed by atoms with van der Waals surface area (Å²) in [4.78, 5) is 24.4. The van der Waals surface area contributed by atoms with E-state index in [1.54, 1.807) is 46.0 Å². The van der Waals surface area contributed by atoms with E-state index in [4.69, 9.17) is 4.42 Å². The van der Waals surface area contributed by atoms with Crippen LogP contribution in [-0.4, -0.2) is 67.6 Å². The van der Waals surface area contributed by atoms with Gasteiger partial charge in [-0.1, -0.05) is 12.5 Å². The van der Waals surface area contributed by atoms with Gasteiger partial charge in [-0.05, 0) is 61.4 Å². The Morgan fingerprint density at radius 2 is 1.90 bits per heavy atom. The quantitative estimate of drug-likeness (QED) is 0.306. The molecule has 7 rings (SSSR count). The Hall–Kier alpha value is -3.93. The minimum Gasteiger partial charge on any atom is -0.415 e. The van der Waals surface area contributed by atoms with Crippen molar-refractivity contribution in [3.8, 4) is 11.5 Å². The molecule has 0 radical (unpaired) electrons. The third-order valence-corrected chi connectivity index (χ3v) is 8.91. The summed E-state index contributed by atoms with van der Waals surface area (Å²) in [6.07, 6.45) is 7.29. The van der Waals surface area contributed by atoms with E-state index < -0.39 is 18.1 Å². The summed E-state index contributed by atoms with van der Waals surface area (Å²) >= 11 is 0. The number of carbonyl (C=O) groups is 1. The normalized spacial score (nSPS) is 19.1. The van der Waals surface area contributed by atoms with Gasteiger partial charge in [-0.2, -0.15) is 8.78 Å². The molecule has 1 aromatic carbocycles. The lowest BCUT2D eigenvalue weighted by Gasteiger charge is -2.58. The van der Waals surface area contributed by atoms with Crippen LogP contribution in [0, 0.1) is 11.2 Å². The molecule has 3 aliphatic rings. The number of imidazole rings is 1. The highest BCUT2D eigenvalue weighted by molar-refractivity contribution is 5.92. The molecule has 0 N–H and O–H groups in total. The molecule has 0 bridgehead atoms. The second-order valence-corrected chi connectivity index (χ2v) is 11.4. The van der Waals surface area contributed by atoms with E-state index in [1.165, 1.54) is 44.2 Å². The number of carbonyl (C=O) groups excluding carboxylic acids is 1. The Labute approximate surface area is 234 Å². The summed E-state index contributed by atoms with van der Waals surface area (Å²) in [7, 11) is 0. The number of pyridine rings is 1. The van der Waals surface area contributed by atoms with Crippen molar-refractivity contribution < 1.29 is 22.4 Å². The number of piperazine rings is 1. The zero-order valence-electron chi connectivity index (χ0n) is 22.4. The van der Waals surface area contributed by atoms with E-state index in [0.29, 0.717) is 47.1 Å². The van der Waals surface area contributed by atoms with Crippen molar-refractivity contribution in [2.24, 2.45) is 5.41 Å². The Balaban J connectivity index is 1.08. The predicted molar refractivity (Wildman–Crippen MR) is 144 cm³/mol. The third-order valence-electron chi connectivity index (χ3n) is 8.91. The van der Waals surface area contributed by atoms with Crippen molar-refractivity contribution in [2.45, 2.75) is 51.1 Å². The van der Waals surface area contributed by atoms with E-state index in [-0.39, 0.29) is 18.5 Å². The summed E-state index contributed by atoms with van der Waals surface area (Å²) in [6.45, 7) is 3.04. The van der Waals surface area contributed by atoms with Gasteiger partial charge in [0.1, 0.15) is 11.5 Å². The highest BCUT2D eigenvalue weighted by atomic mass is 19.3. The van der Waals surface area contributed by atoms with Gasteiger partial charge in [-0.3, -0.25) is 9.80 Å². The molecular weight excluding hydrogens is 535 g/mol. The smallest absolute Gasteiger partial charge is 0.324 e. The van der Waals surface area contributed by atoms with Crippen LogP contribution in [0.1, 0.15) is 50.1 Å². The van der Waals surface area contributed by atoms with Gasteiger partial charge in [0.2, 0.25) is 5.89 Å². The molecule has 2 amide bonds. The maximum atomic E-state index is 14.2. The van der Waals surface area contributed by atoms with Gasteiger partial charge in [0.05, 0.1) is 12.2 Å². The van der Waals surface area contributed by atoms with E-state index in [1.807, 2.05) is 4.90 Å². The molecule has 3 aromatic heterocycles. The first-order valence-electron chi connectivity index (χ1n) is 14.0. The van der Waals surface area contributed by atoms with Crippen molar-refractivity contribution in [3.63, 3.8) is 0 Å². The lowest BCUT2D eigenvalue weighted by atomic mass is 9.54. The molecule has 2 aliphatic carbocycles. The molecule has 41 heavy (non-hydrogen) atoms. The molecule has 1 saturated heterocycles. The lowest BCUT2D eigenvalue weighted by Crippen LogP contribution is -2.60. The molecule has 4 heterocycles. The second-order valence-electron chi connectivity index (χ2n) is 11.4. The fraction of sp³-hybridized carbons (Fsp3) is 0.448. The zero-order valence-corrected chi connectivity index (χ0v) is 22.4. The largest absolute Gasteiger partial charge is 0.415 e. The van der Waals surface area contributed by atoms with Crippen molar-refractivity contribution >= 4 is 17.4 Å². The SMILES string of the molecule is O=C(N1CCN(C2CC3(CCC3)C2)CC1)N(Cc1cn2ccc(-c3nnc(C(F)F)o3)cc2n1)c1cccc(F)c1. The molecule has 2 saturated carbocycles. The fourth-order valence-electron chi connectivity index (χ4n) is 6.49. The van der Waals surface area contributed by atoms with Crippen LogP contribution in [-0.2, 0) is 6.54 Å². The van der Waals surface area contributed by atoms with Gasteiger partial charge >= 0.3 is 12.5 Å². The van der Waals surface area contributed by atoms with E-state index in [0.717, 1.165) is 13.1 Å². The van der Waals surface area contributed by atoms with Crippen molar-refractivity contribution in [1.82, 2.24) is 29.4 Å². The molecule has 1 aliphatic heterocycles. The maximum absolute atomic E-state index is 14.2. The molecule has 214 valence electrons. The van der Waals surface area contributed by atoms with Crippen molar-refractivity contribution in [2.75, 3.05) is 31.1 Å². The van der Waals surface area contributed by atoms with Crippen LogP contribution in [0.3, 0.4) is 0 Å². The van der Waals surface area contributed by atoms with Gasteiger partial charge < -0.3 is 13.7 Å². The number of halogens is 3. The number of fused-ring (bicyclic) bond motifs is 1. The topological polar surface area (TPSA) is 83.0 Å². The molecule has 1 spiro atoms. The molecule has 4 aromatic rings. The third kappa shape index (κ3) is 4.94. The summed E-state index contributed by atoms with van der Waals surface area (Å²) in [6, 6.07) is 9.75. The van der Waals surface area contributed by atoms with Crippen molar-refractivity contribution in [1.29, 1.82) is 0 Å². The number of urea groups is 1. The minimum absolute atomic E-state index is 0.0344. The Morgan fingerprint density at radius 3 is 2.59 bits per heavy atom. The second kappa shape index (κ2) is 10.2. The van der Waals surface area contributed by atoms with Gasteiger partial charge in [0.15, 0.2) is 0 Å². The molecular formula is C29H30F3N7O2. The van der Waals surface area contributed by atoms with E-state index >= 15 is 0 Å². The van der Waals surface area contributed by atoms with Crippen LogP contribution in [0.25, 0.3) is 17.1 Å². The number of hydrogen-bond acceptors (Lipinski definition) is 6. The van der Waals surface area contributed by atoms with E-state index in [9.17, 15) is 18.0 Å². The first-order chi connectivity index (χ1) is 19.9. The molecule has 0 unspecified atom stereocenters. The average molecular weight is 566 g/mol. The first-order valence-corrected chi connectivity index (χ1v) is 14.0. The van der Waals surface area contributed by atoms with Crippen LogP contribution in [0.15, 0.2) is 53.2 Å². The lowest BCUT2D eigenvalue weighted by molar-refractivity contribution is -0.0638. The highest BCUT2D eigenvalue weighted by Gasteiger charge is 2.50. The standard InChI is InChI=1S/C29H30F3N7O2/c30-20-3-1-4-22(14-20)39(28(40)37-11-9-36(10-12-37)23-15-29(16-23)6-2-7-29)18-21-17-38-8-5-19(13-24(38)33-21)26-34-35-27(41-26)25(31)32/h1,3-5,8,13-14,17,23,25H,2,6-7,9-12,15-16,18H2. The van der Waals surface area contributed by atoms with Gasteiger partial charge in [0.25, 0.3) is 5.89 Å². The number of benzene rings is 1. The number of alkyl halides is 2. The number of rotatable bonds is 6. The molecule has 3 fully saturated rings. The zero-order chi connectivity index (χ0) is 28.1. The number of hydrogen-bond donors (Lipinski definition) is 0. The van der Waals surface area contributed by atoms with Crippen LogP contribution in [0.4, 0.5) is 23.7 Å². The molecule has 12 heteroatoms. The monoisotopic (exact) mass is 565 g/mol. The van der Waals surface area contributed by atoms with Gasteiger partial charge in [0, 0.05) is 55.9 Å². The fourth-order valence-corrected chi connectivity index (χ4v) is 6.49.